The molecule has 0 N–H and O–H groups in total. The molecule has 2 aliphatic rings. The summed E-state index contributed by atoms with van der Waals surface area (Å²) >= 11 is 1.55. The number of halogens is 1. The van der Waals surface area contributed by atoms with Crippen LogP contribution >= 0.6 is 11.3 Å². The third-order valence-corrected chi connectivity index (χ3v) is 7.24. The third kappa shape index (κ3) is 3.44. The average Bonchev–Trinajstić information content (AvgIpc) is 3.08. The minimum atomic E-state index is -3.18. The Morgan fingerprint density at radius 3 is 2.90 bits per heavy atom. The fraction of sp³-hybridized carbons (Fsp3) is 0.769. The summed E-state index contributed by atoms with van der Waals surface area (Å²) in [5, 5.41) is 2.64. The van der Waals surface area contributed by atoms with E-state index in [4.69, 9.17) is 0 Å². The van der Waals surface area contributed by atoms with Gasteiger partial charge in [-0.3, -0.25) is 4.90 Å². The number of nitrogens with zero attached hydrogens (tertiary/aromatic N) is 3. The molecule has 1 aliphatic carbocycles. The van der Waals surface area contributed by atoms with E-state index in [1.165, 1.54) is 4.31 Å². The van der Waals surface area contributed by atoms with Crippen LogP contribution in [0.5, 0.6) is 0 Å². The number of aromatic nitrogens is 1. The lowest BCUT2D eigenvalue weighted by molar-refractivity contribution is 0.214. The predicted molar refractivity (Wildman–Crippen MR) is 80.4 cm³/mol. The van der Waals surface area contributed by atoms with Crippen molar-refractivity contribution in [3.8, 4) is 0 Å². The van der Waals surface area contributed by atoms with E-state index in [1.807, 2.05) is 10.3 Å². The van der Waals surface area contributed by atoms with E-state index in [0.717, 1.165) is 17.8 Å². The summed E-state index contributed by atoms with van der Waals surface area (Å²) in [6.45, 7) is 1.33. The molecule has 1 aromatic rings. The molecular formula is C13H20FN3O2S2. The minimum absolute atomic E-state index is 0.0672. The first-order valence-electron chi connectivity index (χ1n) is 7.18. The van der Waals surface area contributed by atoms with Crippen molar-refractivity contribution in [3.05, 3.63) is 16.6 Å². The summed E-state index contributed by atoms with van der Waals surface area (Å²) in [6, 6.07) is -0.0672. The lowest BCUT2D eigenvalue weighted by Crippen LogP contribution is -2.41. The second kappa shape index (κ2) is 5.91. The van der Waals surface area contributed by atoms with Crippen molar-refractivity contribution in [2.24, 2.45) is 0 Å². The maximum Gasteiger partial charge on any atom is 0.216 e. The van der Waals surface area contributed by atoms with Crippen molar-refractivity contribution < 1.29 is 12.8 Å². The molecule has 0 unspecified atom stereocenters. The van der Waals surface area contributed by atoms with Crippen LogP contribution in [0.15, 0.2) is 11.6 Å². The molecule has 0 aromatic carbocycles. The lowest BCUT2D eigenvalue weighted by atomic mass is 10.2. The maximum absolute atomic E-state index is 13.7. The van der Waals surface area contributed by atoms with Gasteiger partial charge in [0, 0.05) is 37.8 Å². The van der Waals surface area contributed by atoms with E-state index in [9.17, 15) is 12.8 Å². The van der Waals surface area contributed by atoms with Crippen molar-refractivity contribution in [1.82, 2.24) is 14.2 Å². The van der Waals surface area contributed by atoms with Crippen LogP contribution in [0.4, 0.5) is 4.39 Å². The first-order chi connectivity index (χ1) is 9.96. The Bertz CT molecular complexity index is 574. The Labute approximate surface area is 128 Å². The van der Waals surface area contributed by atoms with Gasteiger partial charge in [0.25, 0.3) is 0 Å². The van der Waals surface area contributed by atoms with Crippen LogP contribution in [0.2, 0.25) is 0 Å². The van der Waals surface area contributed by atoms with Gasteiger partial charge in [-0.2, -0.15) is 0 Å². The van der Waals surface area contributed by atoms with E-state index >= 15 is 0 Å². The summed E-state index contributed by atoms with van der Waals surface area (Å²) in [4.78, 5) is 6.24. The standard InChI is InChI=1S/C13H20FN3O2S2/c1-16(21(18,19)12-2-3-12)8-11-6-10(14)7-17(11)9-13-15-4-5-20-13/h4-5,10-12H,2-3,6-9H2,1H3/t10-,11-/m0/s1. The van der Waals surface area contributed by atoms with Crippen molar-refractivity contribution in [2.75, 3.05) is 20.1 Å². The third-order valence-electron chi connectivity index (χ3n) is 4.15. The number of alkyl halides is 1. The monoisotopic (exact) mass is 333 g/mol. The van der Waals surface area contributed by atoms with Gasteiger partial charge in [-0.25, -0.2) is 22.1 Å². The van der Waals surface area contributed by atoms with Crippen LogP contribution in [0.1, 0.15) is 24.3 Å². The zero-order chi connectivity index (χ0) is 15.0. The highest BCUT2D eigenvalue weighted by atomic mass is 32.2. The molecule has 1 aromatic heterocycles. The van der Waals surface area contributed by atoms with Crippen LogP contribution in [-0.2, 0) is 16.6 Å². The van der Waals surface area contributed by atoms with Gasteiger partial charge in [0.05, 0.1) is 11.8 Å². The summed E-state index contributed by atoms with van der Waals surface area (Å²) < 4.78 is 39.5. The molecule has 1 saturated heterocycles. The quantitative estimate of drug-likeness (QED) is 0.791. The molecule has 118 valence electrons. The molecule has 1 saturated carbocycles. The van der Waals surface area contributed by atoms with E-state index < -0.39 is 16.2 Å². The molecule has 0 amide bonds. The molecule has 0 spiro atoms. The molecule has 0 radical (unpaired) electrons. The molecule has 2 heterocycles. The van der Waals surface area contributed by atoms with Gasteiger partial charge in [-0.1, -0.05) is 0 Å². The van der Waals surface area contributed by atoms with Gasteiger partial charge < -0.3 is 0 Å². The summed E-state index contributed by atoms with van der Waals surface area (Å²) in [5.41, 5.74) is 0. The first kappa shape index (κ1) is 15.3. The number of hydrogen-bond donors (Lipinski definition) is 0. The number of rotatable bonds is 6. The van der Waals surface area contributed by atoms with Crippen molar-refractivity contribution in [3.63, 3.8) is 0 Å². The Balaban J connectivity index is 1.64. The summed E-state index contributed by atoms with van der Waals surface area (Å²) in [6.07, 6.45) is 2.77. The number of sulfonamides is 1. The normalized spacial score (nSPS) is 27.6. The smallest absolute Gasteiger partial charge is 0.216 e. The van der Waals surface area contributed by atoms with Gasteiger partial charge in [-0.15, -0.1) is 11.3 Å². The van der Waals surface area contributed by atoms with Gasteiger partial charge in [0.1, 0.15) is 11.2 Å². The lowest BCUT2D eigenvalue weighted by Gasteiger charge is -2.27. The zero-order valence-electron chi connectivity index (χ0n) is 12.0. The number of likely N-dealkylation sites (tertiary alicyclic amines) is 1. The van der Waals surface area contributed by atoms with Crippen LogP contribution in [0, 0.1) is 0 Å². The highest BCUT2D eigenvalue weighted by Crippen LogP contribution is 2.31. The summed E-state index contributed by atoms with van der Waals surface area (Å²) in [5.74, 6) is 0. The molecule has 1 aliphatic heterocycles. The Morgan fingerprint density at radius 1 is 1.52 bits per heavy atom. The molecular weight excluding hydrogens is 313 g/mol. The van der Waals surface area contributed by atoms with Gasteiger partial charge in [0.15, 0.2) is 0 Å². The van der Waals surface area contributed by atoms with Gasteiger partial charge in [0.2, 0.25) is 10.0 Å². The average molecular weight is 333 g/mol. The maximum atomic E-state index is 13.7. The fourth-order valence-corrected chi connectivity index (χ4v) is 5.09. The predicted octanol–water partition coefficient (Wildman–Crippen LogP) is 1.48. The van der Waals surface area contributed by atoms with Gasteiger partial charge in [-0.05, 0) is 19.3 Å². The highest BCUT2D eigenvalue weighted by molar-refractivity contribution is 7.90. The topological polar surface area (TPSA) is 53.5 Å². The van der Waals surface area contributed by atoms with E-state index in [1.54, 1.807) is 24.6 Å². The van der Waals surface area contributed by atoms with Crippen LogP contribution in [0.3, 0.4) is 0 Å². The molecule has 21 heavy (non-hydrogen) atoms. The number of hydrogen-bond acceptors (Lipinski definition) is 5. The fourth-order valence-electron chi connectivity index (χ4n) is 2.83. The molecule has 0 bridgehead atoms. The highest BCUT2D eigenvalue weighted by Gasteiger charge is 2.41. The van der Waals surface area contributed by atoms with E-state index in [-0.39, 0.29) is 11.3 Å². The van der Waals surface area contributed by atoms with E-state index in [2.05, 4.69) is 4.98 Å². The van der Waals surface area contributed by atoms with E-state index in [0.29, 0.717) is 26.1 Å². The molecule has 2 atom stereocenters. The van der Waals surface area contributed by atoms with Crippen LogP contribution < -0.4 is 0 Å². The zero-order valence-corrected chi connectivity index (χ0v) is 13.6. The second-order valence-corrected chi connectivity index (χ2v) is 9.17. The first-order valence-corrected chi connectivity index (χ1v) is 9.56. The Morgan fingerprint density at radius 2 is 2.29 bits per heavy atom. The van der Waals surface area contributed by atoms with Crippen molar-refractivity contribution in [1.29, 1.82) is 0 Å². The molecule has 8 heteroatoms. The number of thiazole rings is 1. The van der Waals surface area contributed by atoms with Crippen molar-refractivity contribution in [2.45, 2.75) is 43.3 Å². The SMILES string of the molecule is CN(C[C@@H]1C[C@H](F)CN1Cc1nccs1)S(=O)(=O)C1CC1. The largest absolute Gasteiger partial charge is 0.289 e. The molecule has 2 fully saturated rings. The van der Waals surface area contributed by atoms with Gasteiger partial charge >= 0.3 is 0 Å². The van der Waals surface area contributed by atoms with Crippen molar-refractivity contribution >= 4 is 21.4 Å². The van der Waals surface area contributed by atoms with Crippen LogP contribution in [-0.4, -0.2) is 60.2 Å². The minimum Gasteiger partial charge on any atom is -0.289 e. The Kier molecular flexibility index (Phi) is 4.31. The molecule has 3 rings (SSSR count). The molecule has 5 nitrogen and oxygen atoms in total. The Hall–Kier alpha value is -0.570. The van der Waals surface area contributed by atoms with Crippen LogP contribution in [0.25, 0.3) is 0 Å². The summed E-state index contributed by atoms with van der Waals surface area (Å²) in [7, 11) is -1.57. The number of likely N-dealkylation sites (N-methyl/N-ethyl adjacent to an activating group) is 1. The second-order valence-electron chi connectivity index (χ2n) is 5.87.